The van der Waals surface area contributed by atoms with Crippen molar-refractivity contribution in [3.63, 3.8) is 0 Å². The van der Waals surface area contributed by atoms with E-state index in [4.69, 9.17) is 14.2 Å². The van der Waals surface area contributed by atoms with E-state index in [1.165, 1.54) is 33.5 Å². The van der Waals surface area contributed by atoms with E-state index in [1.54, 1.807) is 30.3 Å². The van der Waals surface area contributed by atoms with Crippen molar-refractivity contribution in [3.8, 4) is 0 Å². The first-order valence-electron chi connectivity index (χ1n) is 7.12. The topological polar surface area (TPSA) is 65.0 Å². The lowest BCUT2D eigenvalue weighted by Crippen LogP contribution is -2.33. The molecule has 0 bridgehead atoms. The third-order valence-corrected chi connectivity index (χ3v) is 3.62. The molecule has 0 aromatic heterocycles. The Kier molecular flexibility index (Phi) is 5.36. The minimum atomic E-state index is -1.49. The molecule has 5 heteroatoms. The SMILES string of the molecule is COC1=CC(O)(OC)CC(OC)=C1C=CC(=O)c1ccccc1. The highest BCUT2D eigenvalue weighted by Crippen LogP contribution is 2.33. The Balaban J connectivity index is 2.31. The number of ether oxygens (including phenoxy) is 3. The van der Waals surface area contributed by atoms with E-state index in [2.05, 4.69) is 0 Å². The quantitative estimate of drug-likeness (QED) is 0.496. The number of ketones is 1. The highest BCUT2D eigenvalue weighted by Gasteiger charge is 2.34. The molecule has 1 aromatic rings. The summed E-state index contributed by atoms with van der Waals surface area (Å²) >= 11 is 0. The van der Waals surface area contributed by atoms with Crippen LogP contribution in [0.1, 0.15) is 16.8 Å². The normalized spacial score (nSPS) is 21.3. The van der Waals surface area contributed by atoms with Gasteiger partial charge in [-0.15, -0.1) is 0 Å². The average Bonchev–Trinajstić information content (AvgIpc) is 2.60. The standard InChI is InChI=1S/C18H20O5/c1-21-16-11-18(20,23-3)12-17(22-2)14(16)9-10-15(19)13-7-5-4-6-8-13/h4-11,20H,12H2,1-3H3. The van der Waals surface area contributed by atoms with Gasteiger partial charge in [-0.3, -0.25) is 4.79 Å². The Labute approximate surface area is 135 Å². The van der Waals surface area contributed by atoms with Crippen LogP contribution in [-0.2, 0) is 14.2 Å². The van der Waals surface area contributed by atoms with Crippen molar-refractivity contribution < 1.29 is 24.1 Å². The molecule has 1 aromatic carbocycles. The smallest absolute Gasteiger partial charge is 0.196 e. The van der Waals surface area contributed by atoms with E-state index in [1.807, 2.05) is 6.07 Å². The van der Waals surface area contributed by atoms with Gasteiger partial charge in [0.2, 0.25) is 0 Å². The van der Waals surface area contributed by atoms with Gasteiger partial charge in [-0.1, -0.05) is 30.3 Å². The summed E-state index contributed by atoms with van der Waals surface area (Å²) in [5, 5.41) is 10.3. The molecule has 0 fully saturated rings. The summed E-state index contributed by atoms with van der Waals surface area (Å²) in [6.07, 6.45) is 4.67. The summed E-state index contributed by atoms with van der Waals surface area (Å²) in [5.74, 6) is -0.755. The van der Waals surface area contributed by atoms with Crippen LogP contribution in [0.4, 0.5) is 0 Å². The van der Waals surface area contributed by atoms with Gasteiger partial charge in [0.05, 0.1) is 26.2 Å². The first-order chi connectivity index (χ1) is 11.0. The number of aliphatic hydroxyl groups is 1. The Morgan fingerprint density at radius 2 is 1.87 bits per heavy atom. The number of allylic oxidation sites excluding steroid dienone is 2. The molecule has 0 amide bonds. The van der Waals surface area contributed by atoms with Crippen LogP contribution in [0.5, 0.6) is 0 Å². The molecule has 1 aliphatic carbocycles. The number of benzene rings is 1. The van der Waals surface area contributed by atoms with E-state index in [0.717, 1.165) is 0 Å². The monoisotopic (exact) mass is 316 g/mol. The van der Waals surface area contributed by atoms with Crippen molar-refractivity contribution in [2.24, 2.45) is 0 Å². The third kappa shape index (κ3) is 3.88. The first-order valence-corrected chi connectivity index (χ1v) is 7.12. The number of carbonyl (C=O) groups excluding carboxylic acids is 1. The fraction of sp³-hybridized carbons (Fsp3) is 0.278. The van der Waals surface area contributed by atoms with Crippen molar-refractivity contribution in [3.05, 3.63) is 71.2 Å². The van der Waals surface area contributed by atoms with Crippen molar-refractivity contribution in [2.75, 3.05) is 21.3 Å². The van der Waals surface area contributed by atoms with E-state index in [0.29, 0.717) is 22.7 Å². The maximum atomic E-state index is 12.2. The van der Waals surface area contributed by atoms with Crippen molar-refractivity contribution in [1.82, 2.24) is 0 Å². The van der Waals surface area contributed by atoms with Gasteiger partial charge in [0.25, 0.3) is 0 Å². The highest BCUT2D eigenvalue weighted by atomic mass is 16.6. The van der Waals surface area contributed by atoms with E-state index in [-0.39, 0.29) is 12.2 Å². The van der Waals surface area contributed by atoms with E-state index >= 15 is 0 Å². The molecular weight excluding hydrogens is 296 g/mol. The fourth-order valence-corrected chi connectivity index (χ4v) is 2.31. The predicted molar refractivity (Wildman–Crippen MR) is 85.6 cm³/mol. The largest absolute Gasteiger partial charge is 0.500 e. The lowest BCUT2D eigenvalue weighted by atomic mass is 9.97. The fourth-order valence-electron chi connectivity index (χ4n) is 2.31. The van der Waals surface area contributed by atoms with Crippen LogP contribution in [0.3, 0.4) is 0 Å². The minimum absolute atomic E-state index is 0.128. The molecule has 0 radical (unpaired) electrons. The summed E-state index contributed by atoms with van der Waals surface area (Å²) in [6, 6.07) is 8.96. The molecule has 0 aliphatic heterocycles. The maximum absolute atomic E-state index is 12.2. The van der Waals surface area contributed by atoms with Crippen LogP contribution in [0.25, 0.3) is 0 Å². The number of hydrogen-bond donors (Lipinski definition) is 1. The molecule has 1 aliphatic rings. The molecular formula is C18H20O5. The molecule has 0 saturated carbocycles. The zero-order valence-corrected chi connectivity index (χ0v) is 13.4. The Morgan fingerprint density at radius 3 is 2.43 bits per heavy atom. The Bertz CT molecular complexity index is 657. The van der Waals surface area contributed by atoms with Crippen LogP contribution >= 0.6 is 0 Å². The molecule has 5 nitrogen and oxygen atoms in total. The van der Waals surface area contributed by atoms with E-state index in [9.17, 15) is 9.90 Å². The molecule has 0 saturated heterocycles. The lowest BCUT2D eigenvalue weighted by molar-refractivity contribution is -0.153. The van der Waals surface area contributed by atoms with Gasteiger partial charge in [0.15, 0.2) is 11.6 Å². The van der Waals surface area contributed by atoms with Crippen LogP contribution in [-0.4, -0.2) is 38.0 Å². The predicted octanol–water partition coefficient (Wildman–Crippen LogP) is 2.60. The summed E-state index contributed by atoms with van der Waals surface area (Å²) < 4.78 is 15.7. The second kappa shape index (κ2) is 7.26. The molecule has 0 heterocycles. The van der Waals surface area contributed by atoms with Crippen LogP contribution in [0, 0.1) is 0 Å². The van der Waals surface area contributed by atoms with Gasteiger partial charge in [-0.2, -0.15) is 0 Å². The average molecular weight is 316 g/mol. The number of hydrogen-bond acceptors (Lipinski definition) is 5. The molecule has 23 heavy (non-hydrogen) atoms. The Morgan fingerprint density at radius 1 is 1.17 bits per heavy atom. The second-order valence-corrected chi connectivity index (χ2v) is 5.04. The molecule has 1 unspecified atom stereocenters. The Hall–Kier alpha value is -2.37. The van der Waals surface area contributed by atoms with Gasteiger partial charge in [-0.25, -0.2) is 0 Å². The zero-order valence-electron chi connectivity index (χ0n) is 13.4. The summed E-state index contributed by atoms with van der Waals surface area (Å²) in [6.45, 7) is 0. The molecule has 122 valence electrons. The van der Waals surface area contributed by atoms with E-state index < -0.39 is 5.79 Å². The van der Waals surface area contributed by atoms with Gasteiger partial charge >= 0.3 is 0 Å². The molecule has 2 rings (SSSR count). The number of methoxy groups -OCH3 is 3. The highest BCUT2D eigenvalue weighted by molar-refractivity contribution is 6.04. The lowest BCUT2D eigenvalue weighted by Gasteiger charge is -2.30. The summed E-state index contributed by atoms with van der Waals surface area (Å²) in [5.41, 5.74) is 1.19. The third-order valence-electron chi connectivity index (χ3n) is 3.62. The van der Waals surface area contributed by atoms with Crippen LogP contribution in [0.15, 0.2) is 65.7 Å². The summed E-state index contributed by atoms with van der Waals surface area (Å²) in [4.78, 5) is 12.2. The summed E-state index contributed by atoms with van der Waals surface area (Å²) in [7, 11) is 4.38. The second-order valence-electron chi connectivity index (χ2n) is 5.04. The first kappa shape index (κ1) is 17.0. The van der Waals surface area contributed by atoms with Crippen molar-refractivity contribution >= 4 is 5.78 Å². The molecule has 0 spiro atoms. The van der Waals surface area contributed by atoms with Crippen molar-refractivity contribution in [2.45, 2.75) is 12.2 Å². The van der Waals surface area contributed by atoms with Gasteiger partial charge in [0.1, 0.15) is 11.5 Å². The molecule has 1 N–H and O–H groups in total. The van der Waals surface area contributed by atoms with Gasteiger partial charge < -0.3 is 19.3 Å². The zero-order chi connectivity index (χ0) is 16.9. The maximum Gasteiger partial charge on any atom is 0.196 e. The van der Waals surface area contributed by atoms with Gasteiger partial charge in [0, 0.05) is 18.7 Å². The van der Waals surface area contributed by atoms with Crippen molar-refractivity contribution in [1.29, 1.82) is 0 Å². The van der Waals surface area contributed by atoms with Gasteiger partial charge in [-0.05, 0) is 12.2 Å². The molecule has 1 atom stereocenters. The minimum Gasteiger partial charge on any atom is -0.500 e. The van der Waals surface area contributed by atoms with Crippen LogP contribution in [0.2, 0.25) is 0 Å². The number of carbonyl (C=O) groups is 1. The van der Waals surface area contributed by atoms with Crippen LogP contribution < -0.4 is 0 Å². The number of rotatable bonds is 6.